The van der Waals surface area contributed by atoms with Crippen LogP contribution >= 0.6 is 15.9 Å². The third-order valence-corrected chi connectivity index (χ3v) is 3.78. The predicted octanol–water partition coefficient (Wildman–Crippen LogP) is 2.97. The number of hydrogen-bond donors (Lipinski definition) is 0. The number of nitro groups is 1. The van der Waals surface area contributed by atoms with Crippen LogP contribution in [0.2, 0.25) is 0 Å². The van der Waals surface area contributed by atoms with Gasteiger partial charge in [0, 0.05) is 25.7 Å². The summed E-state index contributed by atoms with van der Waals surface area (Å²) in [5.74, 6) is 0. The topological polar surface area (TPSA) is 55.6 Å². The Morgan fingerprint density at radius 3 is 2.63 bits per heavy atom. The summed E-state index contributed by atoms with van der Waals surface area (Å²) in [6.45, 7) is 6.52. The molecule has 0 aliphatic carbocycles. The van der Waals surface area contributed by atoms with Crippen LogP contribution in [-0.2, 0) is 11.3 Å². The van der Waals surface area contributed by atoms with Gasteiger partial charge in [-0.25, -0.2) is 0 Å². The van der Waals surface area contributed by atoms with E-state index in [9.17, 15) is 10.1 Å². The van der Waals surface area contributed by atoms with Gasteiger partial charge >= 0.3 is 0 Å². The molecule has 1 heterocycles. The van der Waals surface area contributed by atoms with E-state index in [2.05, 4.69) is 20.8 Å². The van der Waals surface area contributed by atoms with Gasteiger partial charge in [-0.3, -0.25) is 15.0 Å². The Labute approximate surface area is 120 Å². The maximum Gasteiger partial charge on any atom is 0.283 e. The summed E-state index contributed by atoms with van der Waals surface area (Å²) in [7, 11) is 0. The zero-order chi connectivity index (χ0) is 14.0. The third-order valence-electron chi connectivity index (χ3n) is 3.11. The molecule has 104 valence electrons. The van der Waals surface area contributed by atoms with Crippen LogP contribution in [0.3, 0.4) is 0 Å². The maximum absolute atomic E-state index is 10.9. The molecule has 0 saturated carbocycles. The van der Waals surface area contributed by atoms with Crippen molar-refractivity contribution in [1.29, 1.82) is 0 Å². The van der Waals surface area contributed by atoms with E-state index in [0.717, 1.165) is 18.7 Å². The summed E-state index contributed by atoms with van der Waals surface area (Å²) in [4.78, 5) is 12.8. The highest BCUT2D eigenvalue weighted by Crippen LogP contribution is 2.26. The van der Waals surface area contributed by atoms with Crippen LogP contribution in [0.4, 0.5) is 5.69 Å². The van der Waals surface area contributed by atoms with Crippen molar-refractivity contribution in [3.05, 3.63) is 38.3 Å². The van der Waals surface area contributed by atoms with Gasteiger partial charge in [0.25, 0.3) is 5.69 Å². The molecule has 2 atom stereocenters. The van der Waals surface area contributed by atoms with Gasteiger partial charge < -0.3 is 4.74 Å². The maximum atomic E-state index is 10.9. The van der Waals surface area contributed by atoms with Crippen LogP contribution in [0.1, 0.15) is 19.4 Å². The fourth-order valence-corrected chi connectivity index (χ4v) is 2.86. The minimum atomic E-state index is -0.363. The third kappa shape index (κ3) is 3.75. The highest BCUT2D eigenvalue weighted by molar-refractivity contribution is 9.10. The number of hydrogen-bond acceptors (Lipinski definition) is 4. The molecule has 1 aliphatic rings. The van der Waals surface area contributed by atoms with Gasteiger partial charge in [0.15, 0.2) is 0 Å². The van der Waals surface area contributed by atoms with Crippen LogP contribution in [-0.4, -0.2) is 35.1 Å². The van der Waals surface area contributed by atoms with Gasteiger partial charge in [0.1, 0.15) is 0 Å². The first-order chi connectivity index (χ1) is 8.95. The summed E-state index contributed by atoms with van der Waals surface area (Å²) >= 11 is 3.20. The molecular weight excluding hydrogens is 312 g/mol. The molecule has 1 aromatic carbocycles. The number of rotatable bonds is 3. The van der Waals surface area contributed by atoms with E-state index in [1.807, 2.05) is 19.9 Å². The summed E-state index contributed by atoms with van der Waals surface area (Å²) < 4.78 is 6.20. The number of ether oxygens (including phenoxy) is 1. The Bertz CT molecular complexity index is 471. The number of morpholine rings is 1. The van der Waals surface area contributed by atoms with Crippen LogP contribution in [0.5, 0.6) is 0 Å². The molecule has 1 aliphatic heterocycles. The van der Waals surface area contributed by atoms with E-state index >= 15 is 0 Å². The second-order valence-electron chi connectivity index (χ2n) is 4.99. The SMILES string of the molecule is C[C@@H]1CN(Cc2ccc(Br)c([N+](=O)[O-])c2)C[C@H](C)O1. The fourth-order valence-electron chi connectivity index (χ4n) is 2.47. The molecule has 0 spiro atoms. The first kappa shape index (κ1) is 14.4. The lowest BCUT2D eigenvalue weighted by molar-refractivity contribution is -0.385. The second kappa shape index (κ2) is 5.98. The van der Waals surface area contributed by atoms with Crippen molar-refractivity contribution < 1.29 is 9.66 Å². The molecule has 2 rings (SSSR count). The summed E-state index contributed by atoms with van der Waals surface area (Å²) in [5.41, 5.74) is 1.07. The van der Waals surface area contributed by atoms with Crippen molar-refractivity contribution in [3.8, 4) is 0 Å². The molecule has 0 unspecified atom stereocenters. The highest BCUT2D eigenvalue weighted by atomic mass is 79.9. The first-order valence-corrected chi connectivity index (χ1v) is 7.05. The number of benzene rings is 1. The minimum Gasteiger partial charge on any atom is -0.373 e. The normalized spacial score (nSPS) is 24.4. The average molecular weight is 329 g/mol. The van der Waals surface area contributed by atoms with Gasteiger partial charge in [0.05, 0.1) is 21.6 Å². The van der Waals surface area contributed by atoms with Gasteiger partial charge in [-0.1, -0.05) is 6.07 Å². The van der Waals surface area contributed by atoms with Crippen LogP contribution < -0.4 is 0 Å². The smallest absolute Gasteiger partial charge is 0.283 e. The van der Waals surface area contributed by atoms with E-state index in [1.54, 1.807) is 12.1 Å². The Morgan fingerprint density at radius 2 is 2.05 bits per heavy atom. The van der Waals surface area contributed by atoms with Crippen molar-refractivity contribution in [3.63, 3.8) is 0 Å². The van der Waals surface area contributed by atoms with E-state index in [1.165, 1.54) is 0 Å². The Hall–Kier alpha value is -0.980. The minimum absolute atomic E-state index is 0.117. The molecule has 0 radical (unpaired) electrons. The van der Waals surface area contributed by atoms with Crippen molar-refractivity contribution in [2.24, 2.45) is 0 Å². The molecule has 6 heteroatoms. The molecule has 5 nitrogen and oxygen atoms in total. The Balaban J connectivity index is 2.10. The van der Waals surface area contributed by atoms with Crippen molar-refractivity contribution >= 4 is 21.6 Å². The molecule has 0 N–H and O–H groups in total. The van der Waals surface area contributed by atoms with E-state index in [-0.39, 0.29) is 22.8 Å². The standard InChI is InChI=1S/C13H17BrN2O3/c1-9-6-15(7-10(2)19-9)8-11-3-4-12(14)13(5-11)16(17)18/h3-5,9-10H,6-8H2,1-2H3/t9-,10+. The van der Waals surface area contributed by atoms with Crippen molar-refractivity contribution in [2.75, 3.05) is 13.1 Å². The van der Waals surface area contributed by atoms with Crippen molar-refractivity contribution in [1.82, 2.24) is 4.90 Å². The van der Waals surface area contributed by atoms with E-state index in [4.69, 9.17) is 4.74 Å². The van der Waals surface area contributed by atoms with E-state index < -0.39 is 0 Å². The number of halogens is 1. The van der Waals surface area contributed by atoms with Crippen LogP contribution in [0.25, 0.3) is 0 Å². The molecular formula is C13H17BrN2O3. The molecule has 0 bridgehead atoms. The quantitative estimate of drug-likeness (QED) is 0.632. The lowest BCUT2D eigenvalue weighted by Crippen LogP contribution is -2.44. The van der Waals surface area contributed by atoms with Crippen LogP contribution in [0.15, 0.2) is 22.7 Å². The van der Waals surface area contributed by atoms with Gasteiger partial charge in [-0.05, 0) is 41.4 Å². The summed E-state index contributed by atoms with van der Waals surface area (Å²) in [6.07, 6.45) is 0.406. The second-order valence-corrected chi connectivity index (χ2v) is 5.85. The lowest BCUT2D eigenvalue weighted by atomic mass is 10.1. The monoisotopic (exact) mass is 328 g/mol. The predicted molar refractivity (Wildman–Crippen MR) is 76.1 cm³/mol. The number of nitrogens with zero attached hydrogens (tertiary/aromatic N) is 2. The zero-order valence-corrected chi connectivity index (χ0v) is 12.6. The first-order valence-electron chi connectivity index (χ1n) is 6.26. The largest absolute Gasteiger partial charge is 0.373 e. The Kier molecular flexibility index (Phi) is 4.54. The lowest BCUT2D eigenvalue weighted by Gasteiger charge is -2.35. The summed E-state index contributed by atoms with van der Waals surface area (Å²) in [6, 6.07) is 5.29. The molecule has 0 aromatic heterocycles. The highest BCUT2D eigenvalue weighted by Gasteiger charge is 2.22. The van der Waals surface area contributed by atoms with Gasteiger partial charge in [0.2, 0.25) is 0 Å². The molecule has 0 amide bonds. The fraction of sp³-hybridized carbons (Fsp3) is 0.538. The van der Waals surface area contributed by atoms with Crippen LogP contribution in [0, 0.1) is 10.1 Å². The van der Waals surface area contributed by atoms with E-state index in [0.29, 0.717) is 11.0 Å². The Morgan fingerprint density at radius 1 is 1.42 bits per heavy atom. The average Bonchev–Trinajstić information content (AvgIpc) is 2.30. The molecule has 19 heavy (non-hydrogen) atoms. The van der Waals surface area contributed by atoms with Gasteiger partial charge in [-0.2, -0.15) is 0 Å². The number of nitro benzene ring substituents is 1. The molecule has 1 aromatic rings. The molecule has 1 saturated heterocycles. The van der Waals surface area contributed by atoms with Gasteiger partial charge in [-0.15, -0.1) is 0 Å². The summed E-state index contributed by atoms with van der Waals surface area (Å²) in [5, 5.41) is 10.9. The molecule has 1 fully saturated rings. The zero-order valence-electron chi connectivity index (χ0n) is 11.0. The van der Waals surface area contributed by atoms with Crippen molar-refractivity contribution in [2.45, 2.75) is 32.6 Å².